The Labute approximate surface area is 217 Å². The lowest BCUT2D eigenvalue weighted by atomic mass is 10.0. The smallest absolute Gasteiger partial charge is 0.316 e. The minimum Gasteiger partial charge on any atom is -0.465 e. The summed E-state index contributed by atoms with van der Waals surface area (Å²) in [7, 11) is 0. The van der Waals surface area contributed by atoms with Crippen molar-refractivity contribution in [1.82, 2.24) is 24.5 Å². The van der Waals surface area contributed by atoms with E-state index in [0.29, 0.717) is 29.4 Å². The van der Waals surface area contributed by atoms with Gasteiger partial charge in [-0.05, 0) is 30.7 Å². The molecule has 0 amide bonds. The number of fused-ring (bicyclic) bond motifs is 1. The number of benzene rings is 3. The Bertz CT molecular complexity index is 1580. The fourth-order valence-corrected chi connectivity index (χ4v) is 4.89. The van der Waals surface area contributed by atoms with Crippen LogP contribution in [0.5, 0.6) is 0 Å². The van der Waals surface area contributed by atoms with Gasteiger partial charge in [-0.2, -0.15) is 5.10 Å². The number of rotatable bonds is 9. The van der Waals surface area contributed by atoms with E-state index < -0.39 is 0 Å². The van der Waals surface area contributed by atoms with Crippen molar-refractivity contribution in [2.24, 2.45) is 0 Å². The molecule has 3 aromatic carbocycles. The van der Waals surface area contributed by atoms with E-state index in [0.717, 1.165) is 22.3 Å². The summed E-state index contributed by atoms with van der Waals surface area (Å²) in [5.74, 6) is 0.316. The number of aromatic nitrogens is 5. The Morgan fingerprint density at radius 1 is 0.892 bits per heavy atom. The number of carbonyl (C=O) groups is 1. The van der Waals surface area contributed by atoms with E-state index in [4.69, 9.17) is 9.84 Å². The molecule has 0 bridgehead atoms. The van der Waals surface area contributed by atoms with E-state index >= 15 is 0 Å². The lowest BCUT2D eigenvalue weighted by Crippen LogP contribution is -2.26. The summed E-state index contributed by atoms with van der Waals surface area (Å²) < 4.78 is 8.36. The first kappa shape index (κ1) is 24.5. The fraction of sp³-hybridized carbons (Fsp3) is 0.179. The Kier molecular flexibility index (Phi) is 7.41. The van der Waals surface area contributed by atoms with Gasteiger partial charge in [0.15, 0.2) is 11.0 Å². The molecular formula is C28H25N5O3S. The number of hydrogen-bond donors (Lipinski definition) is 0. The lowest BCUT2D eigenvalue weighted by molar-refractivity contribution is -0.139. The Morgan fingerprint density at radius 2 is 1.57 bits per heavy atom. The van der Waals surface area contributed by atoms with E-state index in [1.807, 2.05) is 89.5 Å². The number of thioether (sulfide) groups is 1. The average Bonchev–Trinajstić information content (AvgIpc) is 3.33. The molecule has 8 nitrogen and oxygen atoms in total. The maximum Gasteiger partial charge on any atom is 0.316 e. The molecule has 0 saturated heterocycles. The highest BCUT2D eigenvalue weighted by Gasteiger charge is 2.19. The summed E-state index contributed by atoms with van der Waals surface area (Å²) in [5.41, 5.74) is 2.54. The third-order valence-corrected chi connectivity index (χ3v) is 6.69. The van der Waals surface area contributed by atoms with Gasteiger partial charge in [-0.15, -0.1) is 10.2 Å². The highest BCUT2D eigenvalue weighted by atomic mass is 32.2. The Balaban J connectivity index is 1.55. The van der Waals surface area contributed by atoms with Gasteiger partial charge in [0, 0.05) is 17.5 Å². The second-order valence-electron chi connectivity index (χ2n) is 8.28. The van der Waals surface area contributed by atoms with Gasteiger partial charge in [0.05, 0.1) is 23.4 Å². The van der Waals surface area contributed by atoms with Crippen molar-refractivity contribution >= 4 is 28.5 Å². The summed E-state index contributed by atoms with van der Waals surface area (Å²) >= 11 is 1.24. The zero-order chi connectivity index (χ0) is 25.6. The molecule has 0 N–H and O–H groups in total. The predicted molar refractivity (Wildman–Crippen MR) is 143 cm³/mol. The highest BCUT2D eigenvalue weighted by molar-refractivity contribution is 7.99. The maximum atomic E-state index is 13.5. The molecule has 0 atom stereocenters. The van der Waals surface area contributed by atoms with Crippen molar-refractivity contribution in [3.8, 4) is 5.69 Å². The molecule has 0 radical (unpaired) electrons. The minimum atomic E-state index is -0.324. The molecule has 0 aliphatic heterocycles. The first-order valence-corrected chi connectivity index (χ1v) is 12.9. The molecule has 0 aliphatic carbocycles. The lowest BCUT2D eigenvalue weighted by Gasteiger charge is -2.13. The third kappa shape index (κ3) is 5.46. The van der Waals surface area contributed by atoms with Crippen LogP contribution in [0, 0.1) is 0 Å². The van der Waals surface area contributed by atoms with Crippen LogP contribution in [-0.2, 0) is 22.5 Å². The molecule has 5 rings (SSSR count). The van der Waals surface area contributed by atoms with Crippen LogP contribution in [0.3, 0.4) is 0 Å². The number of ether oxygens (including phenoxy) is 1. The molecule has 0 unspecified atom stereocenters. The van der Waals surface area contributed by atoms with Gasteiger partial charge < -0.3 is 4.74 Å². The van der Waals surface area contributed by atoms with Crippen molar-refractivity contribution in [1.29, 1.82) is 0 Å². The van der Waals surface area contributed by atoms with Crippen molar-refractivity contribution in [3.63, 3.8) is 0 Å². The standard InChI is InChI=1S/C28H25N5O3S/c1-2-36-26(34)19-37-28-30-29-25(33(28)21-13-7-4-8-14-21)18-32-27(35)23-16-10-9-15-22(23)24(31-32)17-20-11-5-3-6-12-20/h3-16H,2,17-19H2,1H3. The van der Waals surface area contributed by atoms with Gasteiger partial charge in [0.2, 0.25) is 0 Å². The van der Waals surface area contributed by atoms with Crippen LogP contribution in [0.25, 0.3) is 16.5 Å². The number of para-hydroxylation sites is 1. The van der Waals surface area contributed by atoms with Gasteiger partial charge in [0.1, 0.15) is 6.54 Å². The summed E-state index contributed by atoms with van der Waals surface area (Å²) in [4.78, 5) is 25.4. The summed E-state index contributed by atoms with van der Waals surface area (Å²) in [5, 5.41) is 15.5. The van der Waals surface area contributed by atoms with Gasteiger partial charge in [-0.3, -0.25) is 14.2 Å². The Hall–Kier alpha value is -4.24. The van der Waals surface area contributed by atoms with Crippen LogP contribution in [0.1, 0.15) is 24.0 Å². The zero-order valence-electron chi connectivity index (χ0n) is 20.3. The van der Waals surface area contributed by atoms with E-state index in [2.05, 4.69) is 10.2 Å². The summed E-state index contributed by atoms with van der Waals surface area (Å²) in [6.07, 6.45) is 0.591. The molecule has 5 aromatic rings. The number of carbonyl (C=O) groups excluding carboxylic acids is 1. The van der Waals surface area contributed by atoms with Crippen LogP contribution in [0.15, 0.2) is 94.9 Å². The normalized spacial score (nSPS) is 11.1. The van der Waals surface area contributed by atoms with Crippen molar-refractivity contribution < 1.29 is 9.53 Å². The highest BCUT2D eigenvalue weighted by Crippen LogP contribution is 2.23. The number of hydrogen-bond acceptors (Lipinski definition) is 7. The Morgan fingerprint density at radius 3 is 2.30 bits per heavy atom. The monoisotopic (exact) mass is 511 g/mol. The largest absolute Gasteiger partial charge is 0.465 e. The zero-order valence-corrected chi connectivity index (χ0v) is 21.1. The molecule has 9 heteroatoms. The van der Waals surface area contributed by atoms with Crippen molar-refractivity contribution in [2.45, 2.75) is 25.0 Å². The predicted octanol–water partition coefficient (Wildman–Crippen LogP) is 4.27. The number of esters is 1. The summed E-state index contributed by atoms with van der Waals surface area (Å²) in [6.45, 7) is 2.21. The quantitative estimate of drug-likeness (QED) is 0.216. The molecule has 0 fully saturated rings. The molecule has 2 aromatic heterocycles. The van der Waals surface area contributed by atoms with Crippen molar-refractivity contribution in [2.75, 3.05) is 12.4 Å². The molecule has 2 heterocycles. The molecule has 0 saturated carbocycles. The maximum absolute atomic E-state index is 13.5. The average molecular weight is 512 g/mol. The van der Waals surface area contributed by atoms with Gasteiger partial charge in [0.25, 0.3) is 5.56 Å². The van der Waals surface area contributed by atoms with E-state index in [9.17, 15) is 9.59 Å². The van der Waals surface area contributed by atoms with Gasteiger partial charge >= 0.3 is 5.97 Å². The second kappa shape index (κ2) is 11.2. The van der Waals surface area contributed by atoms with Crippen LogP contribution in [-0.4, -0.2) is 42.9 Å². The van der Waals surface area contributed by atoms with E-state index in [-0.39, 0.29) is 23.8 Å². The van der Waals surface area contributed by atoms with E-state index in [1.165, 1.54) is 16.4 Å². The van der Waals surface area contributed by atoms with Crippen LogP contribution >= 0.6 is 11.8 Å². The van der Waals surface area contributed by atoms with Crippen LogP contribution < -0.4 is 5.56 Å². The fourth-order valence-electron chi connectivity index (χ4n) is 4.12. The molecule has 37 heavy (non-hydrogen) atoms. The minimum absolute atomic E-state index is 0.105. The second-order valence-corrected chi connectivity index (χ2v) is 9.22. The van der Waals surface area contributed by atoms with Crippen LogP contribution in [0.2, 0.25) is 0 Å². The van der Waals surface area contributed by atoms with Crippen LogP contribution in [0.4, 0.5) is 0 Å². The molecular weight excluding hydrogens is 486 g/mol. The first-order chi connectivity index (χ1) is 18.1. The van der Waals surface area contributed by atoms with Crippen molar-refractivity contribution in [3.05, 3.63) is 112 Å². The molecule has 0 aliphatic rings. The van der Waals surface area contributed by atoms with E-state index in [1.54, 1.807) is 6.92 Å². The number of nitrogens with zero attached hydrogens (tertiary/aromatic N) is 5. The molecule has 186 valence electrons. The third-order valence-electron chi connectivity index (χ3n) is 5.79. The SMILES string of the molecule is CCOC(=O)CSc1nnc(Cn2nc(Cc3ccccc3)c3ccccc3c2=O)n1-c1ccccc1. The summed E-state index contributed by atoms with van der Waals surface area (Å²) in [6, 6.07) is 27.2. The molecule has 0 spiro atoms. The topological polar surface area (TPSA) is 91.9 Å². The first-order valence-electron chi connectivity index (χ1n) is 11.9. The van der Waals surface area contributed by atoms with Gasteiger partial charge in [-0.25, -0.2) is 4.68 Å². The van der Waals surface area contributed by atoms with Gasteiger partial charge in [-0.1, -0.05) is 78.5 Å².